The fourth-order valence-corrected chi connectivity index (χ4v) is 2.59. The number of aromatic nitrogens is 2. The number of anilines is 1. The Morgan fingerprint density at radius 3 is 3.26 bits per heavy atom. The molecule has 0 unspecified atom stereocenters. The fourth-order valence-electron chi connectivity index (χ4n) is 2.59. The van der Waals surface area contributed by atoms with Gasteiger partial charge in [0.25, 0.3) is 0 Å². The van der Waals surface area contributed by atoms with Gasteiger partial charge in [0, 0.05) is 44.2 Å². The van der Waals surface area contributed by atoms with Crippen molar-refractivity contribution in [3.63, 3.8) is 0 Å². The number of aliphatic hydroxyl groups excluding tert-OH is 1. The Kier molecular flexibility index (Phi) is 5.09. The van der Waals surface area contributed by atoms with Crippen LogP contribution in [-0.2, 0) is 6.54 Å². The summed E-state index contributed by atoms with van der Waals surface area (Å²) in [4.78, 5) is 0. The molecule has 124 valence electrons. The van der Waals surface area contributed by atoms with E-state index in [-0.39, 0.29) is 12.4 Å². The smallest absolute Gasteiger partial charge is 0.126 e. The van der Waals surface area contributed by atoms with Gasteiger partial charge < -0.3 is 20.5 Å². The monoisotopic (exact) mass is 320 g/mol. The molecule has 3 rings (SSSR count). The molecule has 0 spiro atoms. The molecule has 2 aromatic rings. The summed E-state index contributed by atoms with van der Waals surface area (Å²) in [5, 5.41) is 20.7. The minimum absolute atomic E-state index is 0.128. The van der Waals surface area contributed by atoms with Crippen molar-refractivity contribution in [3.8, 4) is 5.75 Å². The molecule has 0 fully saturated rings. The lowest BCUT2D eigenvalue weighted by Gasteiger charge is -2.25. The van der Waals surface area contributed by atoms with E-state index in [1.54, 1.807) is 18.3 Å². The third kappa shape index (κ3) is 4.43. The molecule has 0 aliphatic carbocycles. The van der Waals surface area contributed by atoms with Crippen LogP contribution in [-0.4, -0.2) is 47.2 Å². The molecule has 0 bridgehead atoms. The third-order valence-electron chi connectivity index (χ3n) is 3.77. The summed E-state index contributed by atoms with van der Waals surface area (Å²) in [6.45, 7) is 3.08. The number of fused-ring (bicyclic) bond motifs is 1. The van der Waals surface area contributed by atoms with Crippen molar-refractivity contribution in [2.75, 3.05) is 31.6 Å². The molecule has 1 aliphatic heterocycles. The summed E-state index contributed by atoms with van der Waals surface area (Å²) in [5.41, 5.74) is 0. The Morgan fingerprint density at radius 2 is 2.39 bits per heavy atom. The Morgan fingerprint density at radius 1 is 1.48 bits per heavy atom. The minimum Gasteiger partial charge on any atom is -0.491 e. The summed E-state index contributed by atoms with van der Waals surface area (Å²) < 4.78 is 20.3. The third-order valence-corrected chi connectivity index (χ3v) is 3.77. The Bertz CT molecular complexity index is 634. The first-order valence-corrected chi connectivity index (χ1v) is 7.73. The first-order chi connectivity index (χ1) is 11.2. The Hall–Kier alpha value is -2.12. The maximum Gasteiger partial charge on any atom is 0.126 e. The highest BCUT2D eigenvalue weighted by atomic mass is 19.1. The van der Waals surface area contributed by atoms with Crippen molar-refractivity contribution in [1.82, 2.24) is 15.1 Å². The molecule has 0 amide bonds. The fraction of sp³-hybridized carbons (Fsp3) is 0.438. The number of halogens is 1. The molecule has 2 atom stereocenters. The van der Waals surface area contributed by atoms with Crippen molar-refractivity contribution in [3.05, 3.63) is 42.3 Å². The van der Waals surface area contributed by atoms with Crippen LogP contribution in [0.25, 0.3) is 0 Å². The first kappa shape index (κ1) is 15.8. The van der Waals surface area contributed by atoms with Crippen LogP contribution in [0.15, 0.2) is 36.5 Å². The molecule has 23 heavy (non-hydrogen) atoms. The molecule has 0 saturated heterocycles. The van der Waals surface area contributed by atoms with Gasteiger partial charge in [0.2, 0.25) is 0 Å². The molecular weight excluding hydrogens is 299 g/mol. The van der Waals surface area contributed by atoms with Crippen molar-refractivity contribution in [1.29, 1.82) is 0 Å². The van der Waals surface area contributed by atoms with Gasteiger partial charge >= 0.3 is 0 Å². The Labute approximate surface area is 134 Å². The van der Waals surface area contributed by atoms with E-state index in [1.165, 1.54) is 12.1 Å². The molecule has 2 heterocycles. The van der Waals surface area contributed by atoms with Crippen molar-refractivity contribution < 1.29 is 14.2 Å². The van der Waals surface area contributed by atoms with Gasteiger partial charge in [0.05, 0.1) is 6.20 Å². The largest absolute Gasteiger partial charge is 0.491 e. The Balaban J connectivity index is 1.34. The summed E-state index contributed by atoms with van der Waals surface area (Å²) in [6, 6.07) is 7.86. The average Bonchev–Trinajstić information content (AvgIpc) is 3.01. The number of nitrogens with one attached hydrogen (secondary N) is 2. The lowest BCUT2D eigenvalue weighted by Crippen LogP contribution is -2.39. The molecule has 6 nitrogen and oxygen atoms in total. The van der Waals surface area contributed by atoms with Crippen molar-refractivity contribution in [2.24, 2.45) is 5.92 Å². The highest BCUT2D eigenvalue weighted by Gasteiger charge is 2.18. The van der Waals surface area contributed by atoms with Gasteiger partial charge in [-0.3, -0.25) is 0 Å². The first-order valence-electron chi connectivity index (χ1n) is 7.73. The van der Waals surface area contributed by atoms with Gasteiger partial charge in [-0.2, -0.15) is 5.10 Å². The highest BCUT2D eigenvalue weighted by Crippen LogP contribution is 2.15. The maximum absolute atomic E-state index is 13.0. The zero-order chi connectivity index (χ0) is 16.1. The molecule has 1 aliphatic rings. The van der Waals surface area contributed by atoms with E-state index in [4.69, 9.17) is 4.74 Å². The van der Waals surface area contributed by atoms with Crippen LogP contribution in [0.1, 0.15) is 0 Å². The number of hydrogen-bond donors (Lipinski definition) is 3. The quantitative estimate of drug-likeness (QED) is 0.712. The van der Waals surface area contributed by atoms with Crippen LogP contribution in [0.5, 0.6) is 5.75 Å². The second-order valence-electron chi connectivity index (χ2n) is 5.73. The summed E-state index contributed by atoms with van der Waals surface area (Å²) >= 11 is 0. The SMILES string of the molecule is O[C@@H](CNC[C@@H]1CNc2ccnn2C1)COc1cccc(F)c1. The van der Waals surface area contributed by atoms with E-state index in [0.29, 0.717) is 18.2 Å². The second-order valence-corrected chi connectivity index (χ2v) is 5.73. The van der Waals surface area contributed by atoms with Crippen LogP contribution >= 0.6 is 0 Å². The molecular formula is C16H21FN4O2. The number of hydrogen-bond acceptors (Lipinski definition) is 5. The van der Waals surface area contributed by atoms with E-state index in [9.17, 15) is 9.50 Å². The standard InChI is InChI=1S/C16H21FN4O2/c17-13-2-1-3-15(6-13)23-11-14(22)9-18-7-12-8-19-16-4-5-20-21(16)10-12/h1-6,12,14,18-19,22H,7-11H2/t12-,14+/m1/s1. The predicted molar refractivity (Wildman–Crippen MR) is 85.0 cm³/mol. The summed E-state index contributed by atoms with van der Waals surface area (Å²) in [6.07, 6.45) is 1.14. The zero-order valence-corrected chi connectivity index (χ0v) is 12.8. The molecule has 0 radical (unpaired) electrons. The van der Waals surface area contributed by atoms with E-state index in [1.807, 2.05) is 10.7 Å². The van der Waals surface area contributed by atoms with Gasteiger partial charge in [-0.05, 0) is 12.1 Å². The molecule has 1 aromatic heterocycles. The van der Waals surface area contributed by atoms with Crippen LogP contribution in [0.4, 0.5) is 10.2 Å². The average molecular weight is 320 g/mol. The number of ether oxygens (including phenoxy) is 1. The van der Waals surface area contributed by atoms with Crippen LogP contribution < -0.4 is 15.4 Å². The predicted octanol–water partition coefficient (Wildman–Crippen LogP) is 1.09. The lowest BCUT2D eigenvalue weighted by atomic mass is 10.1. The van der Waals surface area contributed by atoms with Crippen LogP contribution in [0, 0.1) is 11.7 Å². The normalized spacial score (nSPS) is 18.1. The van der Waals surface area contributed by atoms with Crippen LogP contribution in [0.2, 0.25) is 0 Å². The molecule has 1 aromatic carbocycles. The highest BCUT2D eigenvalue weighted by molar-refractivity contribution is 5.35. The molecule has 3 N–H and O–H groups in total. The van der Waals surface area contributed by atoms with Gasteiger partial charge in [0.15, 0.2) is 0 Å². The minimum atomic E-state index is -0.643. The van der Waals surface area contributed by atoms with Gasteiger partial charge in [0.1, 0.15) is 30.1 Å². The van der Waals surface area contributed by atoms with Gasteiger partial charge in [-0.1, -0.05) is 6.07 Å². The lowest BCUT2D eigenvalue weighted by molar-refractivity contribution is 0.105. The summed E-state index contributed by atoms with van der Waals surface area (Å²) in [5.74, 6) is 1.54. The number of rotatable bonds is 7. The molecule has 7 heteroatoms. The van der Waals surface area contributed by atoms with Crippen molar-refractivity contribution >= 4 is 5.82 Å². The number of aliphatic hydroxyl groups is 1. The topological polar surface area (TPSA) is 71.3 Å². The van der Waals surface area contributed by atoms with E-state index in [0.717, 1.165) is 25.5 Å². The number of benzene rings is 1. The second kappa shape index (κ2) is 7.43. The van der Waals surface area contributed by atoms with Gasteiger partial charge in [-0.25, -0.2) is 9.07 Å². The maximum atomic E-state index is 13.0. The summed E-state index contributed by atoms with van der Waals surface area (Å²) in [7, 11) is 0. The van der Waals surface area contributed by atoms with Gasteiger partial charge in [-0.15, -0.1) is 0 Å². The van der Waals surface area contributed by atoms with Crippen LogP contribution in [0.3, 0.4) is 0 Å². The van der Waals surface area contributed by atoms with Crippen molar-refractivity contribution in [2.45, 2.75) is 12.6 Å². The molecule has 0 saturated carbocycles. The van der Waals surface area contributed by atoms with E-state index >= 15 is 0 Å². The van der Waals surface area contributed by atoms with E-state index < -0.39 is 6.10 Å². The number of nitrogens with zero attached hydrogens (tertiary/aromatic N) is 2. The van der Waals surface area contributed by atoms with E-state index in [2.05, 4.69) is 15.7 Å². The zero-order valence-electron chi connectivity index (χ0n) is 12.8.